The number of aromatic nitrogens is 3. The van der Waals surface area contributed by atoms with Gasteiger partial charge in [-0.2, -0.15) is 0 Å². The van der Waals surface area contributed by atoms with Gasteiger partial charge in [-0.3, -0.25) is 9.48 Å². The van der Waals surface area contributed by atoms with E-state index in [0.717, 1.165) is 0 Å². The van der Waals surface area contributed by atoms with E-state index in [9.17, 15) is 9.59 Å². The summed E-state index contributed by atoms with van der Waals surface area (Å²) in [5, 5.41) is 18.4. The molecule has 1 aromatic heterocycles. The number of carboxylic acids is 1. The lowest BCUT2D eigenvalue weighted by Crippen LogP contribution is -2.37. The van der Waals surface area contributed by atoms with E-state index in [-0.39, 0.29) is 12.2 Å². The number of hydrogen-bond donors (Lipinski definition) is 3. The van der Waals surface area contributed by atoms with Crippen molar-refractivity contribution in [1.29, 1.82) is 0 Å². The van der Waals surface area contributed by atoms with E-state index in [0.29, 0.717) is 13.1 Å². The number of methoxy groups -OCH3 is 1. The molecule has 0 aliphatic carbocycles. The van der Waals surface area contributed by atoms with Crippen LogP contribution in [0.25, 0.3) is 0 Å². The molecule has 0 aliphatic heterocycles. The van der Waals surface area contributed by atoms with E-state index >= 15 is 0 Å². The standard InChI is InChI=1S/C9H15N5O4/c1-18-7(9(16)17)4-11-8(15)6-5-14(3-2-10)13-12-6/h5,7H,2-4,10H2,1H3,(H,11,15)(H,16,17). The van der Waals surface area contributed by atoms with Crippen LogP contribution in [0.1, 0.15) is 10.5 Å². The molecule has 0 fully saturated rings. The fourth-order valence-corrected chi connectivity index (χ4v) is 1.19. The Labute approximate surface area is 103 Å². The van der Waals surface area contributed by atoms with Crippen molar-refractivity contribution in [2.75, 3.05) is 20.2 Å². The van der Waals surface area contributed by atoms with Gasteiger partial charge in [0, 0.05) is 13.7 Å². The lowest BCUT2D eigenvalue weighted by Gasteiger charge is -2.10. The predicted octanol–water partition coefficient (Wildman–Crippen LogP) is -1.93. The van der Waals surface area contributed by atoms with E-state index in [1.54, 1.807) is 0 Å². The minimum atomic E-state index is -1.15. The second kappa shape index (κ2) is 6.67. The van der Waals surface area contributed by atoms with Crippen LogP contribution < -0.4 is 11.1 Å². The number of rotatable bonds is 7. The summed E-state index contributed by atoms with van der Waals surface area (Å²) >= 11 is 0. The van der Waals surface area contributed by atoms with Crippen molar-refractivity contribution >= 4 is 11.9 Å². The maximum atomic E-state index is 11.6. The zero-order valence-corrected chi connectivity index (χ0v) is 9.87. The van der Waals surface area contributed by atoms with Crippen LogP contribution in [0.5, 0.6) is 0 Å². The molecule has 1 heterocycles. The summed E-state index contributed by atoms with van der Waals surface area (Å²) in [5.74, 6) is -1.66. The van der Waals surface area contributed by atoms with Crippen LogP contribution in [0.15, 0.2) is 6.20 Å². The van der Waals surface area contributed by atoms with Gasteiger partial charge in [-0.05, 0) is 0 Å². The van der Waals surface area contributed by atoms with Gasteiger partial charge in [0.05, 0.1) is 19.3 Å². The first-order valence-corrected chi connectivity index (χ1v) is 5.22. The molecule has 4 N–H and O–H groups in total. The molecule has 9 heteroatoms. The number of carbonyl (C=O) groups excluding carboxylic acids is 1. The van der Waals surface area contributed by atoms with Gasteiger partial charge < -0.3 is 20.9 Å². The number of nitrogens with one attached hydrogen (secondary N) is 1. The smallest absolute Gasteiger partial charge is 0.334 e. The van der Waals surface area contributed by atoms with E-state index in [4.69, 9.17) is 10.8 Å². The molecule has 9 nitrogen and oxygen atoms in total. The fraction of sp³-hybridized carbons (Fsp3) is 0.556. The van der Waals surface area contributed by atoms with Crippen LogP contribution in [0.2, 0.25) is 0 Å². The van der Waals surface area contributed by atoms with E-state index in [1.807, 2.05) is 0 Å². The van der Waals surface area contributed by atoms with Gasteiger partial charge in [-0.1, -0.05) is 5.21 Å². The largest absolute Gasteiger partial charge is 0.479 e. The molecule has 0 aromatic carbocycles. The highest BCUT2D eigenvalue weighted by molar-refractivity contribution is 5.92. The third kappa shape index (κ3) is 3.79. The van der Waals surface area contributed by atoms with Crippen molar-refractivity contribution in [2.45, 2.75) is 12.6 Å². The maximum Gasteiger partial charge on any atom is 0.334 e. The number of amides is 1. The summed E-state index contributed by atoms with van der Waals surface area (Å²) in [4.78, 5) is 22.2. The summed E-state index contributed by atoms with van der Waals surface area (Å²) in [6.45, 7) is 0.694. The first kappa shape index (κ1) is 14.1. The predicted molar refractivity (Wildman–Crippen MR) is 59.8 cm³/mol. The summed E-state index contributed by atoms with van der Waals surface area (Å²) in [6, 6.07) is 0. The van der Waals surface area contributed by atoms with Crippen molar-refractivity contribution in [3.8, 4) is 0 Å². The maximum absolute atomic E-state index is 11.6. The molecule has 0 aliphatic rings. The van der Waals surface area contributed by atoms with Crippen LogP contribution in [-0.4, -0.2) is 58.3 Å². The number of carbonyl (C=O) groups is 2. The summed E-state index contributed by atoms with van der Waals surface area (Å²) in [5.41, 5.74) is 5.43. The molecule has 0 saturated carbocycles. The lowest BCUT2D eigenvalue weighted by molar-refractivity contribution is -0.148. The molecule has 100 valence electrons. The molecule has 18 heavy (non-hydrogen) atoms. The van der Waals surface area contributed by atoms with Crippen LogP contribution in [0.4, 0.5) is 0 Å². The SMILES string of the molecule is COC(CNC(=O)c1cn(CCN)nn1)C(=O)O. The Morgan fingerprint density at radius 2 is 2.39 bits per heavy atom. The Bertz CT molecular complexity index is 419. The fourth-order valence-electron chi connectivity index (χ4n) is 1.19. The molecule has 1 unspecified atom stereocenters. The third-order valence-electron chi connectivity index (χ3n) is 2.14. The van der Waals surface area contributed by atoms with Gasteiger partial charge in [0.15, 0.2) is 11.8 Å². The second-order valence-corrected chi connectivity index (χ2v) is 3.43. The Morgan fingerprint density at radius 3 is 2.94 bits per heavy atom. The minimum Gasteiger partial charge on any atom is -0.479 e. The van der Waals surface area contributed by atoms with Crippen LogP contribution in [0, 0.1) is 0 Å². The van der Waals surface area contributed by atoms with E-state index in [2.05, 4.69) is 20.4 Å². The van der Waals surface area contributed by atoms with Crippen molar-refractivity contribution in [1.82, 2.24) is 20.3 Å². The minimum absolute atomic E-state index is 0.101. The monoisotopic (exact) mass is 257 g/mol. The van der Waals surface area contributed by atoms with E-state index < -0.39 is 18.0 Å². The molecule has 0 bridgehead atoms. The van der Waals surface area contributed by atoms with Crippen molar-refractivity contribution in [3.05, 3.63) is 11.9 Å². The molecule has 0 saturated heterocycles. The van der Waals surface area contributed by atoms with Gasteiger partial charge in [0.1, 0.15) is 0 Å². The average molecular weight is 257 g/mol. The van der Waals surface area contributed by atoms with Crippen molar-refractivity contribution < 1.29 is 19.4 Å². The van der Waals surface area contributed by atoms with Crippen molar-refractivity contribution in [2.24, 2.45) is 5.73 Å². The normalized spacial score (nSPS) is 12.1. The first-order valence-electron chi connectivity index (χ1n) is 5.22. The quantitative estimate of drug-likeness (QED) is 0.518. The van der Waals surface area contributed by atoms with E-state index in [1.165, 1.54) is 18.0 Å². The van der Waals surface area contributed by atoms with Gasteiger partial charge >= 0.3 is 5.97 Å². The van der Waals surface area contributed by atoms with Crippen molar-refractivity contribution in [3.63, 3.8) is 0 Å². The second-order valence-electron chi connectivity index (χ2n) is 3.43. The zero-order chi connectivity index (χ0) is 13.5. The summed E-state index contributed by atoms with van der Waals surface area (Å²) in [6.07, 6.45) is 0.346. The number of nitrogens with two attached hydrogens (primary N) is 1. The molecular weight excluding hydrogens is 242 g/mol. The Kier molecular flexibility index (Phi) is 5.21. The first-order chi connectivity index (χ1) is 8.58. The lowest BCUT2D eigenvalue weighted by atomic mass is 10.3. The van der Waals surface area contributed by atoms with Gasteiger partial charge in [-0.25, -0.2) is 4.79 Å². The molecule has 0 spiro atoms. The van der Waals surface area contributed by atoms with Crippen LogP contribution in [0.3, 0.4) is 0 Å². The number of ether oxygens (including phenoxy) is 1. The Hall–Kier alpha value is -2.00. The highest BCUT2D eigenvalue weighted by Gasteiger charge is 2.18. The van der Waals surface area contributed by atoms with Crippen LogP contribution >= 0.6 is 0 Å². The Morgan fingerprint density at radius 1 is 1.67 bits per heavy atom. The molecule has 1 rings (SSSR count). The molecule has 1 atom stereocenters. The van der Waals surface area contributed by atoms with Gasteiger partial charge in [0.2, 0.25) is 0 Å². The van der Waals surface area contributed by atoms with Crippen LogP contribution in [-0.2, 0) is 16.1 Å². The number of carboxylic acid groups (broad SMARTS) is 1. The van der Waals surface area contributed by atoms with Gasteiger partial charge in [0.25, 0.3) is 5.91 Å². The molecule has 1 amide bonds. The topological polar surface area (TPSA) is 132 Å². The Balaban J connectivity index is 2.51. The number of hydrogen-bond acceptors (Lipinski definition) is 6. The molecule has 0 radical (unpaired) electrons. The number of aliphatic carboxylic acids is 1. The highest BCUT2D eigenvalue weighted by Crippen LogP contribution is 1.94. The molecule has 1 aromatic rings. The molecular formula is C9H15N5O4. The van der Waals surface area contributed by atoms with Gasteiger partial charge in [-0.15, -0.1) is 5.10 Å². The summed E-state index contributed by atoms with van der Waals surface area (Å²) < 4.78 is 6.10. The highest BCUT2D eigenvalue weighted by atomic mass is 16.5. The third-order valence-corrected chi connectivity index (χ3v) is 2.14. The average Bonchev–Trinajstić information content (AvgIpc) is 2.78. The number of nitrogens with zero attached hydrogens (tertiary/aromatic N) is 3. The summed E-state index contributed by atoms with van der Waals surface area (Å²) in [7, 11) is 1.25. The zero-order valence-electron chi connectivity index (χ0n) is 9.87.